The number of anilines is 1. The maximum atomic E-state index is 12.7. The van der Waals surface area contributed by atoms with Crippen LogP contribution in [0.15, 0.2) is 42.5 Å². The molecular formula is C24H28N4O4. The van der Waals surface area contributed by atoms with E-state index in [-0.39, 0.29) is 23.5 Å². The predicted octanol–water partition coefficient (Wildman–Crippen LogP) is 1.43. The molecule has 0 spiro atoms. The van der Waals surface area contributed by atoms with Crippen LogP contribution in [-0.2, 0) is 22.4 Å². The van der Waals surface area contributed by atoms with Gasteiger partial charge in [0.1, 0.15) is 5.75 Å². The lowest BCUT2D eigenvalue weighted by Gasteiger charge is -2.33. The van der Waals surface area contributed by atoms with Crippen LogP contribution in [0.2, 0.25) is 0 Å². The third kappa shape index (κ3) is 5.08. The molecule has 1 fully saturated rings. The lowest BCUT2D eigenvalue weighted by atomic mass is 9.95. The van der Waals surface area contributed by atoms with Crippen LogP contribution in [0, 0.1) is 5.92 Å². The number of phenols is 1. The van der Waals surface area contributed by atoms with Crippen LogP contribution >= 0.6 is 0 Å². The molecule has 8 nitrogen and oxygen atoms in total. The zero-order valence-corrected chi connectivity index (χ0v) is 17.8. The minimum absolute atomic E-state index is 0.0540. The molecule has 0 bridgehead atoms. The molecule has 1 atom stereocenters. The maximum Gasteiger partial charge on any atom is 0.251 e. The Hall–Kier alpha value is -3.39. The highest BCUT2D eigenvalue weighted by Crippen LogP contribution is 2.24. The van der Waals surface area contributed by atoms with Crippen molar-refractivity contribution >= 4 is 23.4 Å². The van der Waals surface area contributed by atoms with Gasteiger partial charge in [-0.2, -0.15) is 0 Å². The largest absolute Gasteiger partial charge is 0.508 e. The second-order valence-electron chi connectivity index (χ2n) is 8.55. The molecule has 0 aliphatic carbocycles. The molecule has 32 heavy (non-hydrogen) atoms. The second kappa shape index (κ2) is 9.40. The van der Waals surface area contributed by atoms with E-state index in [1.165, 1.54) is 0 Å². The summed E-state index contributed by atoms with van der Waals surface area (Å²) in [6.07, 6.45) is 2.34. The number of amides is 3. The van der Waals surface area contributed by atoms with Gasteiger partial charge in [0.25, 0.3) is 5.91 Å². The number of likely N-dealkylation sites (tertiary alicyclic amines) is 1. The van der Waals surface area contributed by atoms with Gasteiger partial charge in [-0.25, -0.2) is 0 Å². The molecule has 1 unspecified atom stereocenters. The number of hydrogen-bond donors (Lipinski definition) is 4. The molecule has 2 aliphatic heterocycles. The van der Waals surface area contributed by atoms with E-state index in [1.54, 1.807) is 47.4 Å². The van der Waals surface area contributed by atoms with Crippen LogP contribution in [0.5, 0.6) is 5.75 Å². The molecule has 3 amide bonds. The van der Waals surface area contributed by atoms with Gasteiger partial charge in [-0.15, -0.1) is 0 Å². The topological polar surface area (TPSA) is 125 Å². The summed E-state index contributed by atoms with van der Waals surface area (Å²) in [5.41, 5.74) is 9.20. The summed E-state index contributed by atoms with van der Waals surface area (Å²) in [5.74, 6) is 0.213. The molecule has 0 saturated carbocycles. The first-order chi connectivity index (χ1) is 15.4. The molecule has 0 radical (unpaired) electrons. The lowest BCUT2D eigenvalue weighted by Crippen LogP contribution is -2.49. The summed E-state index contributed by atoms with van der Waals surface area (Å²) in [4.78, 5) is 38.5. The fourth-order valence-electron chi connectivity index (χ4n) is 4.27. The highest BCUT2D eigenvalue weighted by molar-refractivity contribution is 6.01. The van der Waals surface area contributed by atoms with Crippen LogP contribution in [0.25, 0.3) is 0 Å². The molecular weight excluding hydrogens is 408 g/mol. The van der Waals surface area contributed by atoms with Crippen molar-refractivity contribution in [1.82, 2.24) is 10.2 Å². The number of rotatable bonds is 6. The highest BCUT2D eigenvalue weighted by Gasteiger charge is 2.27. The summed E-state index contributed by atoms with van der Waals surface area (Å²) in [5, 5.41) is 15.1. The van der Waals surface area contributed by atoms with Crippen molar-refractivity contribution in [3.05, 3.63) is 59.2 Å². The number of aromatic hydroxyl groups is 1. The number of benzene rings is 2. The quantitative estimate of drug-likeness (QED) is 0.545. The second-order valence-corrected chi connectivity index (χ2v) is 8.55. The Bertz CT molecular complexity index is 1010. The average molecular weight is 437 g/mol. The molecule has 5 N–H and O–H groups in total. The summed E-state index contributed by atoms with van der Waals surface area (Å²) >= 11 is 0. The van der Waals surface area contributed by atoms with E-state index in [0.29, 0.717) is 44.0 Å². The van der Waals surface area contributed by atoms with Gasteiger partial charge in [0, 0.05) is 30.9 Å². The Morgan fingerprint density at radius 1 is 1.16 bits per heavy atom. The number of carbonyl (C=O) groups excluding carboxylic acids is 3. The Balaban J connectivity index is 1.22. The Morgan fingerprint density at radius 3 is 2.59 bits per heavy atom. The Labute approximate surface area is 186 Å². The van der Waals surface area contributed by atoms with E-state index in [1.807, 2.05) is 0 Å². The smallest absolute Gasteiger partial charge is 0.251 e. The summed E-state index contributed by atoms with van der Waals surface area (Å²) in [7, 11) is 0. The van der Waals surface area contributed by atoms with Gasteiger partial charge in [-0.3, -0.25) is 14.4 Å². The summed E-state index contributed by atoms with van der Waals surface area (Å²) < 4.78 is 0. The normalized spacial score (nSPS) is 16.9. The molecule has 2 heterocycles. The fraction of sp³-hybridized carbons (Fsp3) is 0.375. The average Bonchev–Trinajstić information content (AvgIpc) is 3.18. The SMILES string of the molecule is NC(Cc1ccc(O)cc1)C(=O)N1CCC(CNC(=O)c2ccc3c(c2)CC(=O)N3)CC1. The zero-order valence-electron chi connectivity index (χ0n) is 17.8. The number of carbonyl (C=O) groups is 3. The number of piperidine rings is 1. The van der Waals surface area contributed by atoms with E-state index in [4.69, 9.17) is 5.73 Å². The van der Waals surface area contributed by atoms with Crippen molar-refractivity contribution < 1.29 is 19.5 Å². The van der Waals surface area contributed by atoms with Gasteiger partial charge in [-0.1, -0.05) is 12.1 Å². The predicted molar refractivity (Wildman–Crippen MR) is 120 cm³/mol. The van der Waals surface area contributed by atoms with E-state index >= 15 is 0 Å². The Morgan fingerprint density at radius 2 is 1.88 bits per heavy atom. The van der Waals surface area contributed by atoms with Crippen molar-refractivity contribution in [1.29, 1.82) is 0 Å². The van der Waals surface area contributed by atoms with E-state index < -0.39 is 6.04 Å². The van der Waals surface area contributed by atoms with Gasteiger partial charge < -0.3 is 26.4 Å². The molecule has 8 heteroatoms. The van der Waals surface area contributed by atoms with Crippen LogP contribution in [0.3, 0.4) is 0 Å². The molecule has 0 aromatic heterocycles. The van der Waals surface area contributed by atoms with E-state index in [9.17, 15) is 19.5 Å². The van der Waals surface area contributed by atoms with Crippen molar-refractivity contribution in [2.75, 3.05) is 25.0 Å². The molecule has 2 aromatic rings. The minimum atomic E-state index is -0.614. The third-order valence-electron chi connectivity index (χ3n) is 6.18. The number of nitrogens with zero attached hydrogens (tertiary/aromatic N) is 1. The lowest BCUT2D eigenvalue weighted by molar-refractivity contribution is -0.134. The third-order valence-corrected chi connectivity index (χ3v) is 6.18. The van der Waals surface area contributed by atoms with Crippen molar-refractivity contribution in [2.24, 2.45) is 11.7 Å². The molecule has 1 saturated heterocycles. The first-order valence-corrected chi connectivity index (χ1v) is 10.9. The van der Waals surface area contributed by atoms with Gasteiger partial charge in [0.2, 0.25) is 11.8 Å². The van der Waals surface area contributed by atoms with E-state index in [0.717, 1.165) is 29.7 Å². The molecule has 2 aliphatic rings. The summed E-state index contributed by atoms with van der Waals surface area (Å²) in [6.45, 7) is 1.79. The van der Waals surface area contributed by atoms with Crippen LogP contribution in [0.1, 0.15) is 34.3 Å². The first kappa shape index (κ1) is 21.8. The van der Waals surface area contributed by atoms with Crippen LogP contribution < -0.4 is 16.4 Å². The monoisotopic (exact) mass is 436 g/mol. The highest BCUT2D eigenvalue weighted by atomic mass is 16.3. The standard InChI is InChI=1S/C24H28N4O4/c25-20(11-15-1-4-19(29)5-2-15)24(32)28-9-7-16(8-10-28)14-26-23(31)17-3-6-21-18(12-17)13-22(30)27-21/h1-6,12,16,20,29H,7-11,13-14,25H2,(H,26,31)(H,27,30). The van der Waals surface area contributed by atoms with Gasteiger partial charge in [0.15, 0.2) is 0 Å². The fourth-order valence-corrected chi connectivity index (χ4v) is 4.27. The number of nitrogens with one attached hydrogen (secondary N) is 2. The zero-order chi connectivity index (χ0) is 22.7. The number of fused-ring (bicyclic) bond motifs is 1. The number of hydrogen-bond acceptors (Lipinski definition) is 5. The van der Waals surface area contributed by atoms with Crippen molar-refractivity contribution in [3.8, 4) is 5.75 Å². The first-order valence-electron chi connectivity index (χ1n) is 10.9. The molecule has 4 rings (SSSR count). The van der Waals surface area contributed by atoms with Crippen LogP contribution in [-0.4, -0.2) is 53.4 Å². The Kier molecular flexibility index (Phi) is 6.41. The van der Waals surface area contributed by atoms with Crippen molar-refractivity contribution in [3.63, 3.8) is 0 Å². The van der Waals surface area contributed by atoms with Gasteiger partial charge >= 0.3 is 0 Å². The number of nitrogens with two attached hydrogens (primary N) is 1. The number of phenolic OH excluding ortho intramolecular Hbond substituents is 1. The molecule has 168 valence electrons. The van der Waals surface area contributed by atoms with Crippen LogP contribution in [0.4, 0.5) is 5.69 Å². The maximum absolute atomic E-state index is 12.7. The van der Waals surface area contributed by atoms with E-state index in [2.05, 4.69) is 10.6 Å². The minimum Gasteiger partial charge on any atom is -0.508 e. The van der Waals surface area contributed by atoms with Crippen molar-refractivity contribution in [2.45, 2.75) is 31.7 Å². The van der Waals surface area contributed by atoms with Gasteiger partial charge in [-0.05, 0) is 66.6 Å². The summed E-state index contributed by atoms with van der Waals surface area (Å²) in [6, 6.07) is 11.4. The van der Waals surface area contributed by atoms with Gasteiger partial charge in [0.05, 0.1) is 12.5 Å². The molecule has 2 aromatic carbocycles.